The molecular weight excluding hydrogens is 150 g/mol. The molecule has 0 radical (unpaired) electrons. The summed E-state index contributed by atoms with van der Waals surface area (Å²) in [5, 5.41) is 12.9. The standard InChI is InChI=1S/C10H21NO/c1-8(9-4-5-9)11-7-6-10(2,3)12/h8-9,11-12H,4-7H2,1-3H3. The molecule has 1 aliphatic rings. The van der Waals surface area contributed by atoms with Gasteiger partial charge in [0.25, 0.3) is 0 Å². The average molecular weight is 171 g/mol. The van der Waals surface area contributed by atoms with E-state index in [1.165, 1.54) is 12.8 Å². The third kappa shape index (κ3) is 4.07. The molecule has 0 spiro atoms. The molecule has 2 nitrogen and oxygen atoms in total. The fraction of sp³-hybridized carbons (Fsp3) is 1.00. The molecule has 1 atom stereocenters. The van der Waals surface area contributed by atoms with E-state index in [0.29, 0.717) is 6.04 Å². The monoisotopic (exact) mass is 171 g/mol. The fourth-order valence-corrected chi connectivity index (χ4v) is 1.37. The maximum Gasteiger partial charge on any atom is 0.0603 e. The molecule has 2 N–H and O–H groups in total. The maximum absolute atomic E-state index is 9.44. The smallest absolute Gasteiger partial charge is 0.0603 e. The molecule has 12 heavy (non-hydrogen) atoms. The van der Waals surface area contributed by atoms with Crippen LogP contribution in [0.3, 0.4) is 0 Å². The second kappa shape index (κ2) is 3.75. The number of rotatable bonds is 5. The van der Waals surface area contributed by atoms with Gasteiger partial charge >= 0.3 is 0 Å². The molecule has 1 fully saturated rings. The van der Waals surface area contributed by atoms with Crippen molar-refractivity contribution in [2.45, 2.75) is 51.7 Å². The van der Waals surface area contributed by atoms with Gasteiger partial charge in [-0.25, -0.2) is 0 Å². The Labute approximate surface area is 75.4 Å². The molecule has 0 heterocycles. The van der Waals surface area contributed by atoms with Crippen LogP contribution in [0.25, 0.3) is 0 Å². The average Bonchev–Trinajstić information content (AvgIpc) is 2.64. The summed E-state index contributed by atoms with van der Waals surface area (Å²) in [6, 6.07) is 0.646. The van der Waals surface area contributed by atoms with E-state index >= 15 is 0 Å². The van der Waals surface area contributed by atoms with E-state index < -0.39 is 5.60 Å². The van der Waals surface area contributed by atoms with Crippen molar-refractivity contribution in [3.8, 4) is 0 Å². The van der Waals surface area contributed by atoms with Crippen LogP contribution in [-0.4, -0.2) is 23.3 Å². The molecule has 0 aromatic heterocycles. The van der Waals surface area contributed by atoms with Gasteiger partial charge in [0.15, 0.2) is 0 Å². The summed E-state index contributed by atoms with van der Waals surface area (Å²) in [4.78, 5) is 0. The van der Waals surface area contributed by atoms with E-state index in [2.05, 4.69) is 12.2 Å². The lowest BCUT2D eigenvalue weighted by atomic mass is 10.1. The Morgan fingerprint density at radius 3 is 2.50 bits per heavy atom. The summed E-state index contributed by atoms with van der Waals surface area (Å²) in [5.74, 6) is 0.909. The van der Waals surface area contributed by atoms with Crippen LogP contribution >= 0.6 is 0 Å². The van der Waals surface area contributed by atoms with Crippen LogP contribution < -0.4 is 5.32 Å². The van der Waals surface area contributed by atoms with Gasteiger partial charge in [0.1, 0.15) is 0 Å². The summed E-state index contributed by atoms with van der Waals surface area (Å²) in [6.07, 6.45) is 3.61. The van der Waals surface area contributed by atoms with Crippen molar-refractivity contribution in [3.63, 3.8) is 0 Å². The Kier molecular flexibility index (Phi) is 3.13. The minimum Gasteiger partial charge on any atom is -0.390 e. The minimum atomic E-state index is -0.518. The Hall–Kier alpha value is -0.0800. The highest BCUT2D eigenvalue weighted by Gasteiger charge is 2.27. The third-order valence-electron chi connectivity index (χ3n) is 2.53. The number of nitrogens with one attached hydrogen (secondary N) is 1. The van der Waals surface area contributed by atoms with Gasteiger partial charge in [-0.15, -0.1) is 0 Å². The number of hydrogen-bond acceptors (Lipinski definition) is 2. The molecule has 0 saturated heterocycles. The van der Waals surface area contributed by atoms with Crippen LogP contribution in [0.15, 0.2) is 0 Å². The number of hydrogen-bond donors (Lipinski definition) is 2. The topological polar surface area (TPSA) is 32.3 Å². The van der Waals surface area contributed by atoms with Gasteiger partial charge in [0.05, 0.1) is 5.60 Å². The van der Waals surface area contributed by atoms with Gasteiger partial charge in [0.2, 0.25) is 0 Å². The van der Waals surface area contributed by atoms with E-state index in [-0.39, 0.29) is 0 Å². The van der Waals surface area contributed by atoms with Crippen molar-refractivity contribution in [2.75, 3.05) is 6.54 Å². The lowest BCUT2D eigenvalue weighted by molar-refractivity contribution is 0.0703. The zero-order chi connectivity index (χ0) is 9.19. The first-order valence-electron chi connectivity index (χ1n) is 4.95. The van der Waals surface area contributed by atoms with Gasteiger partial charge < -0.3 is 10.4 Å². The molecule has 2 heteroatoms. The van der Waals surface area contributed by atoms with Crippen LogP contribution in [0, 0.1) is 5.92 Å². The predicted molar refractivity (Wildman–Crippen MR) is 51.1 cm³/mol. The molecule has 1 saturated carbocycles. The quantitative estimate of drug-likeness (QED) is 0.657. The molecular formula is C10H21NO. The lowest BCUT2D eigenvalue weighted by Gasteiger charge is -2.19. The summed E-state index contributed by atoms with van der Waals surface area (Å²) in [5.41, 5.74) is -0.518. The van der Waals surface area contributed by atoms with Crippen molar-refractivity contribution in [1.29, 1.82) is 0 Å². The van der Waals surface area contributed by atoms with Crippen molar-refractivity contribution in [2.24, 2.45) is 5.92 Å². The van der Waals surface area contributed by atoms with Crippen LogP contribution in [0.4, 0.5) is 0 Å². The highest BCUT2D eigenvalue weighted by molar-refractivity contribution is 4.83. The normalized spacial score (nSPS) is 21.0. The summed E-state index contributed by atoms with van der Waals surface area (Å²) in [7, 11) is 0. The van der Waals surface area contributed by atoms with Crippen LogP contribution in [0.1, 0.15) is 40.0 Å². The highest BCUT2D eigenvalue weighted by atomic mass is 16.3. The van der Waals surface area contributed by atoms with Gasteiger partial charge in [-0.2, -0.15) is 0 Å². The van der Waals surface area contributed by atoms with E-state index in [1.54, 1.807) is 0 Å². The molecule has 0 bridgehead atoms. The first-order valence-corrected chi connectivity index (χ1v) is 4.95. The maximum atomic E-state index is 9.44. The second-order valence-corrected chi connectivity index (χ2v) is 4.64. The SMILES string of the molecule is CC(NCCC(C)(C)O)C1CC1. The van der Waals surface area contributed by atoms with Gasteiger partial charge in [-0.1, -0.05) is 0 Å². The molecule has 0 amide bonds. The zero-order valence-electron chi connectivity index (χ0n) is 8.43. The molecule has 1 rings (SSSR count). The first kappa shape index (κ1) is 10.0. The Morgan fingerprint density at radius 2 is 2.08 bits per heavy atom. The Morgan fingerprint density at radius 1 is 1.50 bits per heavy atom. The van der Waals surface area contributed by atoms with Crippen molar-refractivity contribution < 1.29 is 5.11 Å². The van der Waals surface area contributed by atoms with E-state index in [0.717, 1.165) is 18.9 Å². The van der Waals surface area contributed by atoms with Crippen LogP contribution in [0.2, 0.25) is 0 Å². The lowest BCUT2D eigenvalue weighted by Crippen LogP contribution is -2.33. The molecule has 0 aromatic rings. The van der Waals surface area contributed by atoms with Crippen molar-refractivity contribution >= 4 is 0 Å². The Bertz CT molecular complexity index is 135. The molecule has 1 aliphatic carbocycles. The predicted octanol–water partition coefficient (Wildman–Crippen LogP) is 1.54. The minimum absolute atomic E-state index is 0.518. The van der Waals surface area contributed by atoms with E-state index in [1.807, 2.05) is 13.8 Å². The van der Waals surface area contributed by atoms with E-state index in [4.69, 9.17) is 0 Å². The third-order valence-corrected chi connectivity index (χ3v) is 2.53. The van der Waals surface area contributed by atoms with Crippen molar-refractivity contribution in [1.82, 2.24) is 5.32 Å². The highest BCUT2D eigenvalue weighted by Crippen LogP contribution is 2.32. The zero-order valence-corrected chi connectivity index (χ0v) is 8.43. The summed E-state index contributed by atoms with van der Waals surface area (Å²) < 4.78 is 0. The molecule has 72 valence electrons. The van der Waals surface area contributed by atoms with Crippen LogP contribution in [0.5, 0.6) is 0 Å². The molecule has 1 unspecified atom stereocenters. The van der Waals surface area contributed by atoms with Gasteiger partial charge in [-0.3, -0.25) is 0 Å². The Balaban J connectivity index is 2.01. The summed E-state index contributed by atoms with van der Waals surface area (Å²) in [6.45, 7) is 6.89. The van der Waals surface area contributed by atoms with Crippen LogP contribution in [-0.2, 0) is 0 Å². The second-order valence-electron chi connectivity index (χ2n) is 4.64. The summed E-state index contributed by atoms with van der Waals surface area (Å²) >= 11 is 0. The number of aliphatic hydroxyl groups is 1. The van der Waals surface area contributed by atoms with Gasteiger partial charge in [-0.05, 0) is 52.5 Å². The molecule has 0 aliphatic heterocycles. The van der Waals surface area contributed by atoms with Crippen molar-refractivity contribution in [3.05, 3.63) is 0 Å². The van der Waals surface area contributed by atoms with Gasteiger partial charge in [0, 0.05) is 6.04 Å². The van der Waals surface area contributed by atoms with E-state index in [9.17, 15) is 5.11 Å². The first-order chi connectivity index (χ1) is 5.49. The largest absolute Gasteiger partial charge is 0.390 e. The molecule has 0 aromatic carbocycles. The fourth-order valence-electron chi connectivity index (χ4n) is 1.37.